The van der Waals surface area contributed by atoms with E-state index in [-0.39, 0.29) is 51.6 Å². The quantitative estimate of drug-likeness (QED) is 0.323. The molecule has 2 aromatic carbocycles. The van der Waals surface area contributed by atoms with Crippen molar-refractivity contribution in [3.8, 4) is 17.2 Å². The molecule has 0 radical (unpaired) electrons. The van der Waals surface area contributed by atoms with E-state index in [1.165, 1.54) is 25.3 Å². The number of hydrogen-bond acceptors (Lipinski definition) is 9. The number of halogens is 1. The molecule has 0 fully saturated rings. The van der Waals surface area contributed by atoms with Crippen molar-refractivity contribution in [1.29, 1.82) is 0 Å². The summed E-state index contributed by atoms with van der Waals surface area (Å²) in [5.74, 6) is 0.435. The second-order valence-corrected chi connectivity index (χ2v) is 11.2. The van der Waals surface area contributed by atoms with Crippen molar-refractivity contribution in [2.45, 2.75) is 43.8 Å². The van der Waals surface area contributed by atoms with E-state index in [2.05, 4.69) is 14.7 Å². The van der Waals surface area contributed by atoms with Crippen LogP contribution < -0.4 is 14.2 Å². The first-order chi connectivity index (χ1) is 17.4. The summed E-state index contributed by atoms with van der Waals surface area (Å²) in [6.45, 7) is 5.27. The molecule has 37 heavy (non-hydrogen) atoms. The Morgan fingerprint density at radius 2 is 1.81 bits per heavy atom. The maximum atomic E-state index is 13.2. The zero-order valence-corrected chi connectivity index (χ0v) is 22.5. The fourth-order valence-electron chi connectivity index (χ4n) is 3.16. The highest BCUT2D eigenvalue weighted by molar-refractivity contribution is 7.92. The van der Waals surface area contributed by atoms with Crippen molar-refractivity contribution in [2.75, 3.05) is 25.0 Å². The normalized spacial score (nSPS) is 12.7. The standard InChI is InChI=1S/C25H30ClN3O7S/c1-25(2,3)16-5-8-19(9-6-16)37(32,33)29-24-23(36-22-11-18(34-4)7-10-20(22)26)21(27-15-28-24)14-35-13-17(31)12-30/h5-11,15,17,30-31H,12-14H2,1-4H3,(H,27,28,29)/t17-/m1/s1. The first-order valence-corrected chi connectivity index (χ1v) is 13.2. The molecule has 0 amide bonds. The lowest BCUT2D eigenvalue weighted by atomic mass is 9.87. The Morgan fingerprint density at radius 1 is 1.11 bits per heavy atom. The van der Waals surface area contributed by atoms with Crippen molar-refractivity contribution < 1.29 is 32.8 Å². The SMILES string of the molecule is COc1ccc(Cl)c(Oc2c(COC[C@H](O)CO)ncnc2NS(=O)(=O)c2ccc(C(C)(C)C)cc2)c1. The van der Waals surface area contributed by atoms with Crippen molar-refractivity contribution in [3.63, 3.8) is 0 Å². The highest BCUT2D eigenvalue weighted by Crippen LogP contribution is 2.37. The summed E-state index contributed by atoms with van der Waals surface area (Å²) in [5.41, 5.74) is 1.02. The van der Waals surface area contributed by atoms with Crippen LogP contribution in [0.5, 0.6) is 17.2 Å². The molecule has 1 heterocycles. The maximum Gasteiger partial charge on any atom is 0.263 e. The summed E-state index contributed by atoms with van der Waals surface area (Å²) in [4.78, 5) is 8.28. The molecule has 0 saturated carbocycles. The van der Waals surface area contributed by atoms with Crippen LogP contribution in [0.15, 0.2) is 53.7 Å². The Bertz CT molecular complexity index is 1310. The number of methoxy groups -OCH3 is 1. The van der Waals surface area contributed by atoms with E-state index >= 15 is 0 Å². The van der Waals surface area contributed by atoms with Crippen LogP contribution in [0.3, 0.4) is 0 Å². The van der Waals surface area contributed by atoms with Crippen molar-refractivity contribution in [3.05, 3.63) is 65.1 Å². The highest BCUT2D eigenvalue weighted by atomic mass is 35.5. The van der Waals surface area contributed by atoms with Crippen LogP contribution in [0.25, 0.3) is 0 Å². The fourth-order valence-corrected chi connectivity index (χ4v) is 4.32. The smallest absolute Gasteiger partial charge is 0.263 e. The average Bonchev–Trinajstić information content (AvgIpc) is 2.86. The molecule has 10 nitrogen and oxygen atoms in total. The number of aliphatic hydroxyl groups is 2. The Balaban J connectivity index is 1.99. The molecular formula is C25H30ClN3O7S. The van der Waals surface area contributed by atoms with E-state index in [0.29, 0.717) is 5.75 Å². The summed E-state index contributed by atoms with van der Waals surface area (Å²) in [6, 6.07) is 11.3. The third-order valence-corrected chi connectivity index (χ3v) is 6.92. The Hall–Kier alpha value is -2.96. The van der Waals surface area contributed by atoms with Crippen LogP contribution in [-0.4, -0.2) is 55.0 Å². The van der Waals surface area contributed by atoms with Crippen molar-refractivity contribution in [2.24, 2.45) is 0 Å². The minimum absolute atomic E-state index is 0.0355. The van der Waals surface area contributed by atoms with Crippen LogP contribution in [0, 0.1) is 0 Å². The number of nitrogens with one attached hydrogen (secondary N) is 1. The lowest BCUT2D eigenvalue weighted by Crippen LogP contribution is -2.20. The average molecular weight is 552 g/mol. The van der Waals surface area contributed by atoms with Gasteiger partial charge in [-0.15, -0.1) is 0 Å². The summed E-state index contributed by atoms with van der Waals surface area (Å²) >= 11 is 6.30. The monoisotopic (exact) mass is 551 g/mol. The lowest BCUT2D eigenvalue weighted by molar-refractivity contribution is -0.00122. The summed E-state index contributed by atoms with van der Waals surface area (Å²) in [5, 5.41) is 18.8. The van der Waals surface area contributed by atoms with Gasteiger partial charge in [0, 0.05) is 6.07 Å². The van der Waals surface area contributed by atoms with Gasteiger partial charge in [-0.1, -0.05) is 44.5 Å². The number of rotatable bonds is 11. The molecule has 200 valence electrons. The molecule has 0 bridgehead atoms. The Labute approximate surface area is 221 Å². The molecule has 0 aliphatic heterocycles. The van der Waals surface area contributed by atoms with E-state index in [0.717, 1.165) is 11.9 Å². The lowest BCUT2D eigenvalue weighted by Gasteiger charge is -2.19. The molecule has 1 aromatic heterocycles. The maximum absolute atomic E-state index is 13.2. The van der Waals surface area contributed by atoms with Crippen LogP contribution in [-0.2, 0) is 26.8 Å². The van der Waals surface area contributed by atoms with Gasteiger partial charge in [-0.3, -0.25) is 4.72 Å². The predicted octanol–water partition coefficient (Wildman–Crippen LogP) is 3.90. The number of anilines is 1. The van der Waals surface area contributed by atoms with Gasteiger partial charge < -0.3 is 24.4 Å². The van der Waals surface area contributed by atoms with Crippen LogP contribution in [0.1, 0.15) is 32.0 Å². The fraction of sp³-hybridized carbons (Fsp3) is 0.360. The minimum atomic E-state index is -4.06. The number of hydrogen-bond donors (Lipinski definition) is 3. The zero-order valence-electron chi connectivity index (χ0n) is 20.9. The molecule has 1 atom stereocenters. The molecule has 3 rings (SSSR count). The topological polar surface area (TPSA) is 140 Å². The number of aliphatic hydroxyl groups excluding tert-OH is 2. The van der Waals surface area contributed by atoms with E-state index in [1.807, 2.05) is 20.8 Å². The highest BCUT2D eigenvalue weighted by Gasteiger charge is 2.23. The van der Waals surface area contributed by atoms with E-state index in [1.54, 1.807) is 24.3 Å². The number of nitrogens with zero attached hydrogens (tertiary/aromatic N) is 2. The third-order valence-electron chi connectivity index (χ3n) is 5.25. The summed E-state index contributed by atoms with van der Waals surface area (Å²) in [7, 11) is -2.58. The van der Waals surface area contributed by atoms with Crippen LogP contribution in [0.4, 0.5) is 5.82 Å². The molecule has 12 heteroatoms. The van der Waals surface area contributed by atoms with Crippen molar-refractivity contribution >= 4 is 27.4 Å². The molecule has 0 aliphatic rings. The largest absolute Gasteiger partial charge is 0.497 e. The molecule has 3 aromatic rings. The first-order valence-electron chi connectivity index (χ1n) is 11.3. The second kappa shape index (κ2) is 12.1. The predicted molar refractivity (Wildman–Crippen MR) is 139 cm³/mol. The molecule has 0 saturated heterocycles. The Kier molecular flexibility index (Phi) is 9.32. The van der Waals surface area contributed by atoms with Crippen LogP contribution >= 0.6 is 11.6 Å². The summed E-state index contributed by atoms with van der Waals surface area (Å²) < 4.78 is 45.5. The van der Waals surface area contributed by atoms with E-state index in [4.69, 9.17) is 30.9 Å². The van der Waals surface area contributed by atoms with E-state index in [9.17, 15) is 13.5 Å². The molecule has 3 N–H and O–H groups in total. The second-order valence-electron chi connectivity index (χ2n) is 9.13. The molecular weight excluding hydrogens is 522 g/mol. The van der Waals surface area contributed by atoms with Gasteiger partial charge in [0.15, 0.2) is 11.6 Å². The molecule has 0 unspecified atom stereocenters. The van der Waals surface area contributed by atoms with Crippen LogP contribution in [0.2, 0.25) is 5.02 Å². The number of aromatic nitrogens is 2. The van der Waals surface area contributed by atoms with Gasteiger partial charge in [-0.2, -0.15) is 0 Å². The van der Waals surface area contributed by atoms with Gasteiger partial charge in [0.05, 0.1) is 36.8 Å². The molecule has 0 spiro atoms. The van der Waals surface area contributed by atoms with E-state index < -0.39 is 22.7 Å². The van der Waals surface area contributed by atoms with Gasteiger partial charge >= 0.3 is 0 Å². The Morgan fingerprint density at radius 3 is 2.43 bits per heavy atom. The number of benzene rings is 2. The zero-order chi connectivity index (χ0) is 27.2. The number of sulfonamides is 1. The van der Waals surface area contributed by atoms with Gasteiger partial charge in [0.2, 0.25) is 0 Å². The van der Waals surface area contributed by atoms with Gasteiger partial charge in [0.25, 0.3) is 10.0 Å². The van der Waals surface area contributed by atoms with Gasteiger partial charge in [-0.05, 0) is 35.2 Å². The minimum Gasteiger partial charge on any atom is -0.497 e. The third kappa shape index (κ3) is 7.53. The first kappa shape index (κ1) is 28.6. The van der Waals surface area contributed by atoms with Gasteiger partial charge in [-0.25, -0.2) is 18.4 Å². The van der Waals surface area contributed by atoms with Crippen molar-refractivity contribution in [1.82, 2.24) is 9.97 Å². The summed E-state index contributed by atoms with van der Waals surface area (Å²) in [6.07, 6.45) is 0.0648. The van der Waals surface area contributed by atoms with Gasteiger partial charge in [0.1, 0.15) is 29.6 Å². The number of ether oxygens (including phenoxy) is 3. The molecule has 0 aliphatic carbocycles.